The largest absolute Gasteiger partial charge is 0.236 e. The summed E-state index contributed by atoms with van der Waals surface area (Å²) in [5, 5.41) is 0.365. The van der Waals surface area contributed by atoms with E-state index in [1.807, 2.05) is 6.92 Å². The molecule has 0 unspecified atom stereocenters. The van der Waals surface area contributed by atoms with Gasteiger partial charge >= 0.3 is 0 Å². The zero-order chi connectivity index (χ0) is 10.8. The minimum absolute atomic E-state index is 0.364. The van der Waals surface area contributed by atoms with Crippen molar-refractivity contribution in [1.29, 1.82) is 0 Å². The molecule has 1 heterocycles. The Morgan fingerprint density at radius 1 is 1.27 bits per heavy atom. The van der Waals surface area contributed by atoms with Crippen molar-refractivity contribution in [2.75, 3.05) is 0 Å². The van der Waals surface area contributed by atoms with Crippen LogP contribution in [0.1, 0.15) is 5.69 Å². The van der Waals surface area contributed by atoms with Gasteiger partial charge in [-0.1, -0.05) is 11.6 Å². The first-order chi connectivity index (χ1) is 7.16. The molecule has 0 aliphatic heterocycles. The van der Waals surface area contributed by atoms with Gasteiger partial charge in [-0.2, -0.15) is 0 Å². The topological polar surface area (TPSA) is 25.8 Å². The second-order valence-corrected chi connectivity index (χ2v) is 3.58. The number of hydrogen-bond donors (Lipinski definition) is 0. The number of nitrogens with zero attached hydrogens (tertiary/aromatic N) is 2. The first-order valence-electron chi connectivity index (χ1n) is 4.42. The van der Waals surface area contributed by atoms with Crippen molar-refractivity contribution in [2.24, 2.45) is 0 Å². The molecule has 0 saturated heterocycles. The molecule has 4 heteroatoms. The molecule has 2 nitrogen and oxygen atoms in total. The summed E-state index contributed by atoms with van der Waals surface area (Å²) in [6, 6.07) is 6.21. The summed E-state index contributed by atoms with van der Waals surface area (Å²) in [5.74, 6) is -0.0303. The van der Waals surface area contributed by atoms with Crippen LogP contribution in [-0.4, -0.2) is 9.97 Å². The molecule has 0 amide bonds. The molecule has 1 aromatic carbocycles. The predicted octanol–water partition coefficient (Wildman–Crippen LogP) is 3.24. The Hall–Kier alpha value is -1.48. The van der Waals surface area contributed by atoms with Crippen molar-refractivity contribution < 1.29 is 4.39 Å². The van der Waals surface area contributed by atoms with E-state index in [4.69, 9.17) is 11.6 Å². The average Bonchev–Trinajstić information content (AvgIpc) is 2.17. The molecule has 2 rings (SSSR count). The van der Waals surface area contributed by atoms with Crippen LogP contribution < -0.4 is 0 Å². The van der Waals surface area contributed by atoms with Gasteiger partial charge in [0.1, 0.15) is 5.82 Å². The summed E-state index contributed by atoms with van der Waals surface area (Å²) in [4.78, 5) is 8.15. The third-order valence-electron chi connectivity index (χ3n) is 1.97. The van der Waals surface area contributed by atoms with Crippen LogP contribution >= 0.6 is 11.6 Å². The Morgan fingerprint density at radius 2 is 2.07 bits per heavy atom. The van der Waals surface area contributed by atoms with Gasteiger partial charge in [0.15, 0.2) is 5.82 Å². The van der Waals surface area contributed by atoms with Crippen LogP contribution in [0.25, 0.3) is 11.4 Å². The van der Waals surface area contributed by atoms with E-state index in [0.29, 0.717) is 16.4 Å². The summed E-state index contributed by atoms with van der Waals surface area (Å²) in [6.07, 6.45) is 1.60. The lowest BCUT2D eigenvalue weighted by molar-refractivity contribution is 0.630. The smallest absolute Gasteiger partial charge is 0.162 e. The van der Waals surface area contributed by atoms with E-state index in [0.717, 1.165) is 5.69 Å². The highest BCUT2D eigenvalue weighted by atomic mass is 35.5. The predicted molar refractivity (Wildman–Crippen MR) is 57.2 cm³/mol. The third kappa shape index (κ3) is 2.13. The molecule has 2 aromatic rings. The van der Waals surface area contributed by atoms with Crippen molar-refractivity contribution >= 4 is 11.6 Å². The van der Waals surface area contributed by atoms with Crippen molar-refractivity contribution in [1.82, 2.24) is 9.97 Å². The molecule has 0 atom stereocenters. The van der Waals surface area contributed by atoms with Gasteiger partial charge in [-0.25, -0.2) is 14.4 Å². The van der Waals surface area contributed by atoms with Crippen LogP contribution in [0.4, 0.5) is 4.39 Å². The van der Waals surface area contributed by atoms with Crippen LogP contribution in [-0.2, 0) is 0 Å². The van der Waals surface area contributed by atoms with E-state index >= 15 is 0 Å². The molecule has 15 heavy (non-hydrogen) atoms. The molecule has 0 saturated carbocycles. The summed E-state index contributed by atoms with van der Waals surface area (Å²) < 4.78 is 13.5. The number of halogens is 2. The maximum absolute atomic E-state index is 13.5. The van der Waals surface area contributed by atoms with E-state index in [1.54, 1.807) is 24.4 Å². The Morgan fingerprint density at radius 3 is 2.73 bits per heavy atom. The van der Waals surface area contributed by atoms with Crippen LogP contribution in [0.2, 0.25) is 5.02 Å². The molecule has 1 aromatic heterocycles. The Bertz CT molecular complexity index is 500. The average molecular weight is 223 g/mol. The van der Waals surface area contributed by atoms with Crippen LogP contribution in [0, 0.1) is 12.7 Å². The van der Waals surface area contributed by atoms with E-state index in [2.05, 4.69) is 9.97 Å². The standard InChI is InChI=1S/C11H8ClFN2/c1-7-4-5-14-11(15-7)9-3-2-8(12)6-10(9)13/h2-6H,1H3. The second kappa shape index (κ2) is 3.95. The van der Waals surface area contributed by atoms with Crippen LogP contribution in [0.3, 0.4) is 0 Å². The second-order valence-electron chi connectivity index (χ2n) is 3.15. The molecule has 0 aliphatic carbocycles. The molecule has 0 fully saturated rings. The third-order valence-corrected chi connectivity index (χ3v) is 2.20. The number of hydrogen-bond acceptors (Lipinski definition) is 2. The van der Waals surface area contributed by atoms with E-state index < -0.39 is 5.82 Å². The normalized spacial score (nSPS) is 10.3. The van der Waals surface area contributed by atoms with Crippen molar-refractivity contribution in [3.8, 4) is 11.4 Å². The lowest BCUT2D eigenvalue weighted by Gasteiger charge is -2.02. The minimum atomic E-state index is -0.409. The number of benzene rings is 1. The molecular weight excluding hydrogens is 215 g/mol. The first-order valence-corrected chi connectivity index (χ1v) is 4.79. The fourth-order valence-corrected chi connectivity index (χ4v) is 1.41. The summed E-state index contributed by atoms with van der Waals surface area (Å²) in [6.45, 7) is 1.83. The van der Waals surface area contributed by atoms with Crippen LogP contribution in [0.15, 0.2) is 30.5 Å². The zero-order valence-electron chi connectivity index (χ0n) is 8.04. The van der Waals surface area contributed by atoms with Gasteiger partial charge < -0.3 is 0 Å². The highest BCUT2D eigenvalue weighted by molar-refractivity contribution is 6.30. The molecule has 0 aliphatic rings. The molecule has 0 radical (unpaired) electrons. The van der Waals surface area contributed by atoms with E-state index in [1.165, 1.54) is 6.07 Å². The van der Waals surface area contributed by atoms with Gasteiger partial charge in [0.25, 0.3) is 0 Å². The van der Waals surface area contributed by atoms with Crippen LogP contribution in [0.5, 0.6) is 0 Å². The van der Waals surface area contributed by atoms with E-state index in [-0.39, 0.29) is 0 Å². The lowest BCUT2D eigenvalue weighted by atomic mass is 10.2. The quantitative estimate of drug-likeness (QED) is 0.740. The van der Waals surface area contributed by atoms with Gasteiger partial charge in [0.2, 0.25) is 0 Å². The maximum Gasteiger partial charge on any atom is 0.162 e. The Balaban J connectivity index is 2.54. The van der Waals surface area contributed by atoms with Crippen molar-refractivity contribution in [2.45, 2.75) is 6.92 Å². The van der Waals surface area contributed by atoms with E-state index in [9.17, 15) is 4.39 Å². The monoisotopic (exact) mass is 222 g/mol. The summed E-state index contributed by atoms with van der Waals surface area (Å²) in [7, 11) is 0. The highest BCUT2D eigenvalue weighted by Crippen LogP contribution is 2.22. The van der Waals surface area contributed by atoms with Crippen molar-refractivity contribution in [3.05, 3.63) is 47.0 Å². The Labute approximate surface area is 91.8 Å². The van der Waals surface area contributed by atoms with Gasteiger partial charge in [-0.05, 0) is 31.2 Å². The molecule has 0 bridgehead atoms. The Kier molecular flexibility index (Phi) is 2.64. The summed E-state index contributed by atoms with van der Waals surface area (Å²) >= 11 is 5.65. The number of aryl methyl sites for hydroxylation is 1. The summed E-state index contributed by atoms with van der Waals surface area (Å²) in [5.41, 5.74) is 1.16. The molecule has 76 valence electrons. The minimum Gasteiger partial charge on any atom is -0.236 e. The molecule has 0 spiro atoms. The zero-order valence-corrected chi connectivity index (χ0v) is 8.79. The fraction of sp³-hybridized carbons (Fsp3) is 0.0909. The number of aromatic nitrogens is 2. The van der Waals surface area contributed by atoms with Gasteiger partial charge in [-0.15, -0.1) is 0 Å². The number of rotatable bonds is 1. The first kappa shape index (κ1) is 10.1. The SMILES string of the molecule is Cc1ccnc(-c2ccc(Cl)cc2F)n1. The van der Waals surface area contributed by atoms with Gasteiger partial charge in [-0.3, -0.25) is 0 Å². The van der Waals surface area contributed by atoms with Gasteiger partial charge in [0.05, 0.1) is 5.56 Å². The maximum atomic E-state index is 13.5. The highest BCUT2D eigenvalue weighted by Gasteiger charge is 2.07. The van der Waals surface area contributed by atoms with Crippen molar-refractivity contribution in [3.63, 3.8) is 0 Å². The fourth-order valence-electron chi connectivity index (χ4n) is 1.25. The molecular formula is C11H8ClFN2. The van der Waals surface area contributed by atoms with Gasteiger partial charge in [0, 0.05) is 16.9 Å². The molecule has 0 N–H and O–H groups in total. The lowest BCUT2D eigenvalue weighted by Crippen LogP contribution is -1.93.